The topological polar surface area (TPSA) is 32.3 Å². The molecule has 1 amide bonds. The van der Waals surface area contributed by atoms with Gasteiger partial charge in [0.05, 0.1) is 12.2 Å². The van der Waals surface area contributed by atoms with E-state index in [-0.39, 0.29) is 12.2 Å². The average Bonchev–Trinajstić information content (AvgIpc) is 2.65. The first-order valence-electron chi connectivity index (χ1n) is 8.57. The quantitative estimate of drug-likeness (QED) is 0.835. The van der Waals surface area contributed by atoms with Gasteiger partial charge in [0, 0.05) is 6.04 Å². The van der Waals surface area contributed by atoms with Crippen molar-refractivity contribution in [3.8, 4) is 0 Å². The Morgan fingerprint density at radius 2 is 1.65 bits per heavy atom. The van der Waals surface area contributed by atoms with Crippen molar-refractivity contribution in [1.29, 1.82) is 0 Å². The van der Waals surface area contributed by atoms with Crippen LogP contribution in [0.3, 0.4) is 0 Å². The summed E-state index contributed by atoms with van der Waals surface area (Å²) in [7, 11) is 0. The maximum Gasteiger partial charge on any atom is 0.241 e. The van der Waals surface area contributed by atoms with Gasteiger partial charge < -0.3 is 4.90 Å². The predicted molar refractivity (Wildman–Crippen MR) is 83.3 cm³/mol. The number of hydrogen-bond donors (Lipinski definition) is 1. The summed E-state index contributed by atoms with van der Waals surface area (Å²) in [4.78, 5) is 15.0. The molecule has 1 saturated carbocycles. The highest BCUT2D eigenvalue weighted by Gasteiger charge is 2.42. The molecule has 1 aliphatic carbocycles. The summed E-state index contributed by atoms with van der Waals surface area (Å²) in [6, 6.07) is 0.547. The summed E-state index contributed by atoms with van der Waals surface area (Å²) in [6.45, 7) is 8.91. The molecular weight excluding hydrogens is 248 g/mol. The van der Waals surface area contributed by atoms with Crippen LogP contribution in [0.25, 0.3) is 0 Å². The smallest absolute Gasteiger partial charge is 0.241 e. The van der Waals surface area contributed by atoms with Crippen LogP contribution in [-0.2, 0) is 4.79 Å². The molecule has 20 heavy (non-hydrogen) atoms. The fourth-order valence-corrected chi connectivity index (χ4v) is 3.78. The molecule has 0 aromatic carbocycles. The molecule has 1 aliphatic heterocycles. The van der Waals surface area contributed by atoms with Crippen molar-refractivity contribution in [2.24, 2.45) is 11.8 Å². The predicted octanol–water partition coefficient (Wildman–Crippen LogP) is 3.54. The first-order chi connectivity index (χ1) is 9.49. The summed E-state index contributed by atoms with van der Waals surface area (Å²) in [5, 5.41) is 3.63. The fraction of sp³-hybridized carbons (Fsp3) is 0.941. The molecule has 0 bridgehead atoms. The molecule has 2 rings (SSSR count). The highest BCUT2D eigenvalue weighted by molar-refractivity contribution is 5.84. The normalized spacial score (nSPS) is 28.9. The van der Waals surface area contributed by atoms with E-state index in [1.165, 1.54) is 32.1 Å². The lowest BCUT2D eigenvalue weighted by Gasteiger charge is -2.35. The lowest BCUT2D eigenvalue weighted by molar-refractivity contribution is -0.133. The van der Waals surface area contributed by atoms with Crippen molar-refractivity contribution in [3.05, 3.63) is 0 Å². The SMILES string of the molecule is CC(C)CC1NC(CC(C)C)N(C2CCCCC2)C1=O. The zero-order chi connectivity index (χ0) is 14.7. The van der Waals surface area contributed by atoms with Crippen LogP contribution in [0.2, 0.25) is 0 Å². The van der Waals surface area contributed by atoms with Gasteiger partial charge in [0.2, 0.25) is 5.91 Å². The second kappa shape index (κ2) is 6.93. The minimum Gasteiger partial charge on any atom is -0.323 e. The second-order valence-corrected chi connectivity index (χ2v) is 7.53. The number of nitrogens with zero attached hydrogens (tertiary/aromatic N) is 1. The van der Waals surface area contributed by atoms with Crippen LogP contribution in [0.15, 0.2) is 0 Å². The van der Waals surface area contributed by atoms with Crippen LogP contribution in [0.5, 0.6) is 0 Å². The van der Waals surface area contributed by atoms with E-state index in [1.54, 1.807) is 0 Å². The van der Waals surface area contributed by atoms with Gasteiger partial charge in [0.25, 0.3) is 0 Å². The Morgan fingerprint density at radius 1 is 1.05 bits per heavy atom. The molecule has 3 nitrogen and oxygen atoms in total. The first-order valence-corrected chi connectivity index (χ1v) is 8.57. The zero-order valence-electron chi connectivity index (χ0n) is 13.7. The molecule has 2 aliphatic rings. The third kappa shape index (κ3) is 3.75. The molecule has 2 atom stereocenters. The number of carbonyl (C=O) groups excluding carboxylic acids is 1. The molecule has 1 heterocycles. The number of amides is 1. The fourth-order valence-electron chi connectivity index (χ4n) is 3.78. The molecule has 0 spiro atoms. The van der Waals surface area contributed by atoms with Gasteiger partial charge in [-0.25, -0.2) is 0 Å². The van der Waals surface area contributed by atoms with E-state index in [9.17, 15) is 4.79 Å². The number of carbonyl (C=O) groups is 1. The Labute approximate surface area is 124 Å². The molecule has 0 aromatic rings. The standard InChI is InChI=1S/C17H32N2O/c1-12(2)10-15-17(20)19(14-8-6-5-7-9-14)16(18-15)11-13(3)4/h12-16,18H,5-11H2,1-4H3. The molecule has 1 saturated heterocycles. The molecule has 3 heteroatoms. The van der Waals surface area contributed by atoms with Gasteiger partial charge in [-0.1, -0.05) is 47.0 Å². The lowest BCUT2D eigenvalue weighted by atomic mass is 9.93. The molecule has 116 valence electrons. The third-order valence-electron chi connectivity index (χ3n) is 4.65. The average molecular weight is 280 g/mol. The van der Waals surface area contributed by atoms with E-state index in [1.807, 2.05) is 0 Å². The van der Waals surface area contributed by atoms with Crippen molar-refractivity contribution in [1.82, 2.24) is 10.2 Å². The van der Waals surface area contributed by atoms with Gasteiger partial charge in [-0.15, -0.1) is 0 Å². The van der Waals surface area contributed by atoms with Crippen LogP contribution in [-0.4, -0.2) is 29.1 Å². The minimum atomic E-state index is 0.0562. The number of nitrogens with one attached hydrogen (secondary N) is 1. The molecule has 2 unspecified atom stereocenters. The molecule has 2 fully saturated rings. The highest BCUT2D eigenvalue weighted by atomic mass is 16.2. The van der Waals surface area contributed by atoms with Crippen molar-refractivity contribution in [2.45, 2.75) is 90.9 Å². The minimum absolute atomic E-state index is 0.0562. The lowest BCUT2D eigenvalue weighted by Crippen LogP contribution is -2.46. The molecule has 1 N–H and O–H groups in total. The Kier molecular flexibility index (Phi) is 5.48. The van der Waals surface area contributed by atoms with Crippen LogP contribution in [0, 0.1) is 11.8 Å². The molecule has 0 aromatic heterocycles. The van der Waals surface area contributed by atoms with Gasteiger partial charge >= 0.3 is 0 Å². The second-order valence-electron chi connectivity index (χ2n) is 7.53. The maximum absolute atomic E-state index is 12.8. The summed E-state index contributed by atoms with van der Waals surface area (Å²) in [5.41, 5.74) is 0. The van der Waals surface area contributed by atoms with Crippen molar-refractivity contribution in [2.75, 3.05) is 0 Å². The van der Waals surface area contributed by atoms with Crippen LogP contribution < -0.4 is 5.32 Å². The van der Waals surface area contributed by atoms with Crippen LogP contribution >= 0.6 is 0 Å². The van der Waals surface area contributed by atoms with Crippen molar-refractivity contribution >= 4 is 5.91 Å². The van der Waals surface area contributed by atoms with Crippen molar-refractivity contribution in [3.63, 3.8) is 0 Å². The Bertz CT molecular complexity index is 321. The Morgan fingerprint density at radius 3 is 2.20 bits per heavy atom. The van der Waals surface area contributed by atoms with Gasteiger partial charge in [-0.2, -0.15) is 0 Å². The molecular formula is C17H32N2O. The van der Waals surface area contributed by atoms with E-state index in [2.05, 4.69) is 37.9 Å². The zero-order valence-corrected chi connectivity index (χ0v) is 13.7. The van der Waals surface area contributed by atoms with Gasteiger partial charge in [0.15, 0.2) is 0 Å². The maximum atomic E-state index is 12.8. The largest absolute Gasteiger partial charge is 0.323 e. The summed E-state index contributed by atoms with van der Waals surface area (Å²) in [6.07, 6.45) is 8.65. The Balaban J connectivity index is 2.08. The van der Waals surface area contributed by atoms with E-state index in [0.717, 1.165) is 12.8 Å². The van der Waals surface area contributed by atoms with Gasteiger partial charge in [0.1, 0.15) is 0 Å². The van der Waals surface area contributed by atoms with Crippen LogP contribution in [0.1, 0.15) is 72.6 Å². The summed E-state index contributed by atoms with van der Waals surface area (Å²) in [5.74, 6) is 1.57. The van der Waals surface area contributed by atoms with E-state index >= 15 is 0 Å². The van der Waals surface area contributed by atoms with E-state index < -0.39 is 0 Å². The van der Waals surface area contributed by atoms with E-state index in [0.29, 0.717) is 23.8 Å². The molecule has 0 radical (unpaired) electrons. The third-order valence-corrected chi connectivity index (χ3v) is 4.65. The van der Waals surface area contributed by atoms with E-state index in [4.69, 9.17) is 0 Å². The highest BCUT2D eigenvalue weighted by Crippen LogP contribution is 2.30. The number of rotatable bonds is 5. The number of hydrogen-bond acceptors (Lipinski definition) is 2. The van der Waals surface area contributed by atoms with Gasteiger partial charge in [-0.05, 0) is 37.5 Å². The first kappa shape index (κ1) is 15.8. The van der Waals surface area contributed by atoms with Gasteiger partial charge in [-0.3, -0.25) is 10.1 Å². The van der Waals surface area contributed by atoms with Crippen LogP contribution in [0.4, 0.5) is 0 Å². The van der Waals surface area contributed by atoms with Crippen molar-refractivity contribution < 1.29 is 4.79 Å². The Hall–Kier alpha value is -0.570. The summed E-state index contributed by atoms with van der Waals surface area (Å²) < 4.78 is 0. The summed E-state index contributed by atoms with van der Waals surface area (Å²) >= 11 is 0. The monoisotopic (exact) mass is 280 g/mol.